The van der Waals surface area contributed by atoms with Crippen LogP contribution in [0.3, 0.4) is 0 Å². The second kappa shape index (κ2) is 5.00. The first kappa shape index (κ1) is 12.3. The van der Waals surface area contributed by atoms with Gasteiger partial charge in [-0.15, -0.1) is 0 Å². The Morgan fingerprint density at radius 1 is 1.53 bits per heavy atom. The van der Waals surface area contributed by atoms with Crippen LogP contribution >= 0.6 is 11.6 Å². The largest absolute Gasteiger partial charge is 0.481 e. The van der Waals surface area contributed by atoms with Crippen LogP contribution < -0.4 is 10.9 Å². The number of hydrazine groups is 1. The van der Waals surface area contributed by atoms with Crippen LogP contribution in [0.5, 0.6) is 0 Å². The maximum absolute atomic E-state index is 13.6. The first-order valence-electron chi connectivity index (χ1n) is 5.24. The highest BCUT2D eigenvalue weighted by Gasteiger charge is 2.28. The van der Waals surface area contributed by atoms with Crippen molar-refractivity contribution >= 4 is 17.6 Å². The molecule has 17 heavy (non-hydrogen) atoms. The maximum atomic E-state index is 13.6. The van der Waals surface area contributed by atoms with Crippen molar-refractivity contribution in [1.82, 2.24) is 10.9 Å². The Morgan fingerprint density at radius 3 is 3.00 bits per heavy atom. The molecule has 0 spiro atoms. The summed E-state index contributed by atoms with van der Waals surface area (Å²) in [6.45, 7) is 0. The second-order valence-electron chi connectivity index (χ2n) is 4.04. The lowest BCUT2D eigenvalue weighted by Gasteiger charge is -2.11. The molecule has 0 bridgehead atoms. The molecule has 2 unspecified atom stereocenters. The topological polar surface area (TPSA) is 61.4 Å². The number of hydrogen-bond acceptors (Lipinski definition) is 3. The molecule has 0 radical (unpaired) electrons. The summed E-state index contributed by atoms with van der Waals surface area (Å²) in [5, 5.41) is 9.13. The zero-order valence-corrected chi connectivity index (χ0v) is 9.67. The number of carboxylic acid groups (broad SMARTS) is 1. The number of carboxylic acids is 1. The van der Waals surface area contributed by atoms with Crippen LogP contribution in [0.15, 0.2) is 18.2 Å². The van der Waals surface area contributed by atoms with E-state index in [-0.39, 0.29) is 24.3 Å². The molecule has 0 aromatic heterocycles. The van der Waals surface area contributed by atoms with Crippen molar-refractivity contribution in [2.24, 2.45) is 0 Å². The summed E-state index contributed by atoms with van der Waals surface area (Å²) < 4.78 is 13.6. The van der Waals surface area contributed by atoms with Crippen LogP contribution in [-0.4, -0.2) is 17.1 Å². The van der Waals surface area contributed by atoms with Crippen LogP contribution in [0.1, 0.15) is 24.4 Å². The fourth-order valence-corrected chi connectivity index (χ4v) is 2.13. The zero-order valence-electron chi connectivity index (χ0n) is 8.91. The van der Waals surface area contributed by atoms with E-state index in [9.17, 15) is 9.18 Å². The van der Waals surface area contributed by atoms with Gasteiger partial charge in [0.1, 0.15) is 5.82 Å². The fourth-order valence-electron chi connectivity index (χ4n) is 1.95. The lowest BCUT2D eigenvalue weighted by atomic mass is 10.0. The normalized spacial score (nSPS) is 23.9. The van der Waals surface area contributed by atoms with Crippen LogP contribution in [0, 0.1) is 5.82 Å². The number of aliphatic carboxylic acids is 1. The maximum Gasteiger partial charge on any atom is 0.304 e. The van der Waals surface area contributed by atoms with Crippen LogP contribution in [0.2, 0.25) is 5.02 Å². The number of nitrogens with one attached hydrogen (secondary N) is 2. The van der Waals surface area contributed by atoms with E-state index in [1.54, 1.807) is 6.07 Å². The second-order valence-corrected chi connectivity index (χ2v) is 4.47. The van der Waals surface area contributed by atoms with E-state index in [0.29, 0.717) is 17.0 Å². The average Bonchev–Trinajstić information content (AvgIpc) is 2.69. The highest BCUT2D eigenvalue weighted by molar-refractivity contribution is 6.30. The molecule has 1 aromatic carbocycles. The fraction of sp³-hybridized carbons (Fsp3) is 0.364. The Bertz CT molecular complexity index is 441. The molecule has 92 valence electrons. The van der Waals surface area contributed by atoms with Gasteiger partial charge < -0.3 is 5.11 Å². The van der Waals surface area contributed by atoms with Gasteiger partial charge in [-0.2, -0.15) is 0 Å². The molecule has 6 heteroatoms. The Balaban J connectivity index is 2.09. The van der Waals surface area contributed by atoms with Gasteiger partial charge in [-0.3, -0.25) is 10.2 Å². The van der Waals surface area contributed by atoms with E-state index in [2.05, 4.69) is 10.9 Å². The molecule has 3 N–H and O–H groups in total. The minimum Gasteiger partial charge on any atom is -0.481 e. The van der Waals surface area contributed by atoms with Gasteiger partial charge in [-0.1, -0.05) is 11.6 Å². The van der Waals surface area contributed by atoms with Crippen molar-refractivity contribution in [2.75, 3.05) is 0 Å². The van der Waals surface area contributed by atoms with Crippen LogP contribution in [0.25, 0.3) is 0 Å². The lowest BCUT2D eigenvalue weighted by Crippen LogP contribution is -2.32. The number of carbonyl (C=O) groups is 1. The van der Waals surface area contributed by atoms with Crippen molar-refractivity contribution in [3.8, 4) is 0 Å². The molecular formula is C11H12ClFN2O2. The molecule has 1 heterocycles. The van der Waals surface area contributed by atoms with Gasteiger partial charge in [0, 0.05) is 16.6 Å². The number of halogens is 2. The summed E-state index contributed by atoms with van der Waals surface area (Å²) in [5.74, 6) is -1.22. The summed E-state index contributed by atoms with van der Waals surface area (Å²) in [5.41, 5.74) is 6.18. The molecule has 1 fully saturated rings. The Kier molecular flexibility index (Phi) is 3.61. The molecule has 2 rings (SSSR count). The van der Waals surface area contributed by atoms with Crippen molar-refractivity contribution in [3.05, 3.63) is 34.6 Å². The van der Waals surface area contributed by atoms with Gasteiger partial charge in [0.15, 0.2) is 0 Å². The molecule has 2 atom stereocenters. The Labute approximate surface area is 103 Å². The molecule has 1 aliphatic heterocycles. The van der Waals surface area contributed by atoms with Crippen molar-refractivity contribution in [3.63, 3.8) is 0 Å². The van der Waals surface area contributed by atoms with Crippen molar-refractivity contribution < 1.29 is 14.3 Å². The van der Waals surface area contributed by atoms with Gasteiger partial charge in [-0.25, -0.2) is 9.82 Å². The standard InChI is InChI=1S/C11H12ClFN2O2/c12-6-1-2-9(13)8(3-6)10-4-7(14-15-10)5-11(16)17/h1-3,7,10,14-15H,4-5H2,(H,16,17). The smallest absolute Gasteiger partial charge is 0.304 e. The third kappa shape index (κ3) is 2.94. The van der Waals surface area contributed by atoms with E-state index < -0.39 is 5.97 Å². The first-order chi connectivity index (χ1) is 8.06. The molecule has 1 aromatic rings. The van der Waals surface area contributed by atoms with Crippen LogP contribution in [-0.2, 0) is 4.79 Å². The summed E-state index contributed by atoms with van der Waals surface area (Å²) in [6, 6.07) is 3.90. The van der Waals surface area contributed by atoms with E-state index in [1.165, 1.54) is 12.1 Å². The summed E-state index contributed by atoms with van der Waals surface area (Å²) in [6.07, 6.45) is 0.523. The highest BCUT2D eigenvalue weighted by atomic mass is 35.5. The van der Waals surface area contributed by atoms with Crippen molar-refractivity contribution in [2.45, 2.75) is 24.9 Å². The van der Waals surface area contributed by atoms with Gasteiger partial charge in [0.05, 0.1) is 12.5 Å². The van der Waals surface area contributed by atoms with Gasteiger partial charge in [0.2, 0.25) is 0 Å². The van der Waals surface area contributed by atoms with E-state index >= 15 is 0 Å². The third-order valence-electron chi connectivity index (χ3n) is 2.74. The summed E-state index contributed by atoms with van der Waals surface area (Å²) >= 11 is 5.81. The molecule has 1 aliphatic rings. The Morgan fingerprint density at radius 2 is 2.29 bits per heavy atom. The number of benzene rings is 1. The SMILES string of the molecule is O=C(O)CC1CC(c2cc(Cl)ccc2F)NN1. The first-order valence-corrected chi connectivity index (χ1v) is 5.62. The predicted octanol–water partition coefficient (Wildman–Crippen LogP) is 1.86. The quantitative estimate of drug-likeness (QED) is 0.775. The van der Waals surface area contributed by atoms with Crippen LogP contribution in [0.4, 0.5) is 4.39 Å². The average molecular weight is 259 g/mol. The number of rotatable bonds is 3. The molecule has 0 saturated carbocycles. The molecular weight excluding hydrogens is 247 g/mol. The third-order valence-corrected chi connectivity index (χ3v) is 2.97. The molecule has 4 nitrogen and oxygen atoms in total. The summed E-state index contributed by atoms with van der Waals surface area (Å²) in [4.78, 5) is 10.6. The molecule has 0 amide bonds. The summed E-state index contributed by atoms with van der Waals surface area (Å²) in [7, 11) is 0. The van der Waals surface area contributed by atoms with Gasteiger partial charge in [-0.05, 0) is 24.6 Å². The highest BCUT2D eigenvalue weighted by Crippen LogP contribution is 2.27. The molecule has 1 saturated heterocycles. The predicted molar refractivity (Wildman–Crippen MR) is 61.1 cm³/mol. The lowest BCUT2D eigenvalue weighted by molar-refractivity contribution is -0.137. The Hall–Kier alpha value is -1.17. The van der Waals surface area contributed by atoms with Crippen molar-refractivity contribution in [1.29, 1.82) is 0 Å². The minimum atomic E-state index is -0.878. The monoisotopic (exact) mass is 258 g/mol. The zero-order chi connectivity index (χ0) is 12.4. The molecule has 0 aliphatic carbocycles. The van der Waals surface area contributed by atoms with Gasteiger partial charge in [0.25, 0.3) is 0 Å². The van der Waals surface area contributed by atoms with E-state index in [1.807, 2.05) is 0 Å². The number of hydrogen-bond donors (Lipinski definition) is 3. The minimum absolute atomic E-state index is 0.00564. The van der Waals surface area contributed by atoms with E-state index in [4.69, 9.17) is 16.7 Å². The van der Waals surface area contributed by atoms with E-state index in [0.717, 1.165) is 0 Å². The van der Waals surface area contributed by atoms with Gasteiger partial charge >= 0.3 is 5.97 Å².